The molecule has 0 spiro atoms. The molecule has 1 heterocycles. The lowest BCUT2D eigenvalue weighted by atomic mass is 10.1. The molecule has 0 aliphatic heterocycles. The lowest BCUT2D eigenvalue weighted by Gasteiger charge is -2.04. The van der Waals surface area contributed by atoms with E-state index >= 15 is 0 Å². The van der Waals surface area contributed by atoms with E-state index in [-0.39, 0.29) is 18.3 Å². The average Bonchev–Trinajstić information content (AvgIpc) is 2.85. The zero-order valence-corrected chi connectivity index (χ0v) is 13.1. The van der Waals surface area contributed by atoms with Gasteiger partial charge in [0.2, 0.25) is 0 Å². The highest BCUT2D eigenvalue weighted by Gasteiger charge is 2.15. The minimum Gasteiger partial charge on any atom is -0.349 e. The first-order valence-electron chi connectivity index (χ1n) is 5.40. The Morgan fingerprint density at radius 3 is 2.95 bits per heavy atom. The first-order valence-corrected chi connectivity index (χ1v) is 7.07. The summed E-state index contributed by atoms with van der Waals surface area (Å²) in [4.78, 5) is 16.9. The predicted molar refractivity (Wildman–Crippen MR) is 83.9 cm³/mol. The van der Waals surface area contributed by atoms with E-state index in [2.05, 4.69) is 26.2 Å². The minimum atomic E-state index is -0.184. The molecule has 0 aliphatic carbocycles. The van der Waals surface area contributed by atoms with Crippen molar-refractivity contribution in [3.8, 4) is 10.4 Å². The Hall–Kier alpha value is -0.950. The molecule has 0 fully saturated rings. The van der Waals surface area contributed by atoms with E-state index in [0.717, 1.165) is 14.9 Å². The van der Waals surface area contributed by atoms with Crippen LogP contribution in [0.4, 0.5) is 0 Å². The molecule has 0 aliphatic rings. The Morgan fingerprint density at radius 2 is 2.26 bits per heavy atom. The summed E-state index contributed by atoms with van der Waals surface area (Å²) in [7, 11) is 0. The van der Waals surface area contributed by atoms with Gasteiger partial charge in [0.1, 0.15) is 5.69 Å². The van der Waals surface area contributed by atoms with Crippen LogP contribution >= 0.6 is 39.7 Å². The highest BCUT2D eigenvalue weighted by atomic mass is 79.9. The third kappa shape index (κ3) is 4.01. The molecule has 7 heteroatoms. The van der Waals surface area contributed by atoms with Gasteiger partial charge in [0, 0.05) is 17.6 Å². The van der Waals surface area contributed by atoms with Crippen molar-refractivity contribution in [3.05, 3.63) is 39.9 Å². The molecule has 102 valence electrons. The molecule has 1 amide bonds. The molecule has 1 aromatic carbocycles. The summed E-state index contributed by atoms with van der Waals surface area (Å²) in [5, 5.41) is 2.73. The Morgan fingerprint density at radius 1 is 1.47 bits per heavy atom. The fourth-order valence-corrected chi connectivity index (χ4v) is 2.69. The molecular formula is C12H13BrClN3OS. The van der Waals surface area contributed by atoms with Crippen molar-refractivity contribution < 1.29 is 4.79 Å². The van der Waals surface area contributed by atoms with E-state index in [1.165, 1.54) is 11.3 Å². The van der Waals surface area contributed by atoms with Gasteiger partial charge in [0.15, 0.2) is 0 Å². The summed E-state index contributed by atoms with van der Waals surface area (Å²) in [6.07, 6.45) is 0. The number of hydrogen-bond donors (Lipinski definition) is 2. The number of hydrogen-bond acceptors (Lipinski definition) is 4. The van der Waals surface area contributed by atoms with Crippen LogP contribution in [0.3, 0.4) is 0 Å². The summed E-state index contributed by atoms with van der Waals surface area (Å²) in [5.74, 6) is -0.184. The molecular weight excluding hydrogens is 350 g/mol. The summed E-state index contributed by atoms with van der Waals surface area (Å²) in [5.41, 5.74) is 8.46. The van der Waals surface area contributed by atoms with Crippen molar-refractivity contribution in [2.75, 3.05) is 13.1 Å². The van der Waals surface area contributed by atoms with Crippen molar-refractivity contribution in [3.63, 3.8) is 0 Å². The van der Waals surface area contributed by atoms with Gasteiger partial charge in [0.25, 0.3) is 5.91 Å². The molecule has 2 aromatic rings. The fraction of sp³-hybridized carbons (Fsp3) is 0.167. The van der Waals surface area contributed by atoms with Crippen molar-refractivity contribution in [1.82, 2.24) is 10.3 Å². The standard InChI is InChI=1S/C12H12BrN3OS.ClH/c13-9-3-1-2-8(6-9)11-10(16-7-18-11)12(17)15-5-4-14;/h1-3,6-7H,4-5,14H2,(H,15,17);1H. The lowest BCUT2D eigenvalue weighted by Crippen LogP contribution is -2.29. The minimum absolute atomic E-state index is 0. The molecule has 0 atom stereocenters. The Bertz CT molecular complexity index is 561. The van der Waals surface area contributed by atoms with E-state index in [0.29, 0.717) is 18.8 Å². The molecule has 0 radical (unpaired) electrons. The van der Waals surface area contributed by atoms with Crippen LogP contribution in [0.1, 0.15) is 10.5 Å². The zero-order valence-electron chi connectivity index (χ0n) is 9.93. The SMILES string of the molecule is Cl.NCCNC(=O)c1ncsc1-c1cccc(Br)c1. The second kappa shape index (κ2) is 7.59. The third-order valence-electron chi connectivity index (χ3n) is 2.30. The summed E-state index contributed by atoms with van der Waals surface area (Å²) in [6, 6.07) is 7.80. The monoisotopic (exact) mass is 361 g/mol. The van der Waals surface area contributed by atoms with Crippen LogP contribution in [0, 0.1) is 0 Å². The third-order valence-corrected chi connectivity index (χ3v) is 3.67. The summed E-state index contributed by atoms with van der Waals surface area (Å²) < 4.78 is 0.974. The van der Waals surface area contributed by atoms with Crippen molar-refractivity contribution in [2.24, 2.45) is 5.73 Å². The molecule has 0 saturated carbocycles. The van der Waals surface area contributed by atoms with Crippen LogP contribution in [-0.2, 0) is 0 Å². The Labute approximate surface area is 130 Å². The highest BCUT2D eigenvalue weighted by Crippen LogP contribution is 2.29. The number of benzene rings is 1. The number of thiazole rings is 1. The van der Waals surface area contributed by atoms with Crippen LogP contribution < -0.4 is 11.1 Å². The van der Waals surface area contributed by atoms with E-state index < -0.39 is 0 Å². The maximum absolute atomic E-state index is 11.9. The number of carbonyl (C=O) groups excluding carboxylic acids is 1. The zero-order chi connectivity index (χ0) is 13.0. The smallest absolute Gasteiger partial charge is 0.271 e. The summed E-state index contributed by atoms with van der Waals surface area (Å²) in [6.45, 7) is 0.871. The molecule has 0 bridgehead atoms. The van der Waals surface area contributed by atoms with Crippen molar-refractivity contribution in [2.45, 2.75) is 0 Å². The molecule has 19 heavy (non-hydrogen) atoms. The average molecular weight is 363 g/mol. The Kier molecular flexibility index (Phi) is 6.44. The second-order valence-corrected chi connectivity index (χ2v) is 5.36. The molecule has 2 rings (SSSR count). The number of nitrogens with one attached hydrogen (secondary N) is 1. The van der Waals surface area contributed by atoms with Gasteiger partial charge < -0.3 is 11.1 Å². The van der Waals surface area contributed by atoms with Gasteiger partial charge in [0.05, 0.1) is 10.4 Å². The second-order valence-electron chi connectivity index (χ2n) is 3.59. The van der Waals surface area contributed by atoms with Gasteiger partial charge in [-0.2, -0.15) is 0 Å². The van der Waals surface area contributed by atoms with Crippen LogP contribution in [0.5, 0.6) is 0 Å². The van der Waals surface area contributed by atoms with Crippen LogP contribution in [0.25, 0.3) is 10.4 Å². The van der Waals surface area contributed by atoms with Crippen LogP contribution in [0.15, 0.2) is 34.2 Å². The van der Waals surface area contributed by atoms with Crippen molar-refractivity contribution in [1.29, 1.82) is 0 Å². The quantitative estimate of drug-likeness (QED) is 0.878. The number of carbonyl (C=O) groups is 1. The van der Waals surface area contributed by atoms with Gasteiger partial charge in [-0.15, -0.1) is 23.7 Å². The Balaban J connectivity index is 0.00000180. The number of aromatic nitrogens is 1. The predicted octanol–water partition coefficient (Wildman–Crippen LogP) is 2.68. The van der Waals surface area contributed by atoms with Crippen LogP contribution in [-0.4, -0.2) is 24.0 Å². The number of nitrogens with zero attached hydrogens (tertiary/aromatic N) is 1. The number of halogens is 2. The first kappa shape index (κ1) is 16.1. The van der Waals surface area contributed by atoms with Gasteiger partial charge in [-0.05, 0) is 17.7 Å². The molecule has 3 N–H and O–H groups in total. The molecule has 4 nitrogen and oxygen atoms in total. The lowest BCUT2D eigenvalue weighted by molar-refractivity contribution is 0.0951. The van der Waals surface area contributed by atoms with E-state index in [1.54, 1.807) is 5.51 Å². The molecule has 0 saturated heterocycles. The van der Waals surface area contributed by atoms with E-state index in [4.69, 9.17) is 5.73 Å². The highest BCUT2D eigenvalue weighted by molar-refractivity contribution is 9.10. The fourth-order valence-electron chi connectivity index (χ4n) is 1.51. The van der Waals surface area contributed by atoms with Gasteiger partial charge in [-0.25, -0.2) is 4.98 Å². The van der Waals surface area contributed by atoms with Crippen molar-refractivity contribution >= 4 is 45.6 Å². The normalized spacial score (nSPS) is 9.79. The van der Waals surface area contributed by atoms with E-state index in [1.807, 2.05) is 24.3 Å². The number of rotatable bonds is 4. The topological polar surface area (TPSA) is 68.0 Å². The first-order chi connectivity index (χ1) is 8.72. The van der Waals surface area contributed by atoms with Gasteiger partial charge in [-0.3, -0.25) is 4.79 Å². The summed E-state index contributed by atoms with van der Waals surface area (Å²) >= 11 is 4.87. The maximum atomic E-state index is 11.9. The largest absolute Gasteiger partial charge is 0.349 e. The van der Waals surface area contributed by atoms with Gasteiger partial charge in [-0.1, -0.05) is 28.1 Å². The molecule has 0 unspecified atom stereocenters. The molecule has 1 aromatic heterocycles. The maximum Gasteiger partial charge on any atom is 0.271 e. The van der Waals surface area contributed by atoms with Gasteiger partial charge >= 0.3 is 0 Å². The van der Waals surface area contributed by atoms with Crippen LogP contribution in [0.2, 0.25) is 0 Å². The number of nitrogens with two attached hydrogens (primary N) is 1. The van der Waals surface area contributed by atoms with E-state index in [9.17, 15) is 4.79 Å². The number of amides is 1.